The molecular weight excluding hydrogens is 315 g/mol. The normalized spacial score (nSPS) is 8.00. The number of phenols is 1. The Balaban J connectivity index is 0. The van der Waals surface area contributed by atoms with Gasteiger partial charge in [0.1, 0.15) is 5.75 Å². The van der Waals surface area contributed by atoms with Gasteiger partial charge >= 0.3 is 21.7 Å². The topological polar surface area (TPSA) is 20.2 Å². The molecule has 0 aliphatic heterocycles. The van der Waals surface area contributed by atoms with E-state index in [0.717, 1.165) is 10.8 Å². The molecule has 1 nitrogen and oxygen atoms in total. The van der Waals surface area contributed by atoms with Gasteiger partial charge in [-0.05, 0) is 11.5 Å². The minimum atomic E-state index is 0. The fraction of sp³-hybridized carbons (Fsp3) is 0. The fourth-order valence-electron chi connectivity index (χ4n) is 1.53. The molecule has 0 unspecified atom stereocenters. The zero-order valence-electron chi connectivity index (χ0n) is 10.1. The van der Waals surface area contributed by atoms with Gasteiger partial charge in [0.15, 0.2) is 0 Å². The molecule has 3 rings (SSSR count). The van der Waals surface area contributed by atoms with Crippen molar-refractivity contribution in [3.8, 4) is 5.75 Å². The second-order valence-electron chi connectivity index (χ2n) is 3.46. The smallest absolute Gasteiger partial charge is 1.00 e. The van der Waals surface area contributed by atoms with Crippen molar-refractivity contribution in [2.45, 2.75) is 0 Å². The van der Waals surface area contributed by atoms with Gasteiger partial charge in [-0.15, -0.1) is 0 Å². The van der Waals surface area contributed by atoms with Crippen LogP contribution in [0.25, 0.3) is 10.8 Å². The van der Waals surface area contributed by atoms with Crippen LogP contribution in [0.2, 0.25) is 0 Å². The Bertz CT molecular complexity index is 530. The summed E-state index contributed by atoms with van der Waals surface area (Å²) in [5.41, 5.74) is 0. The zero-order chi connectivity index (χ0) is 11.2. The van der Waals surface area contributed by atoms with Crippen LogP contribution >= 0.6 is 0 Å². The first-order valence-corrected chi connectivity index (χ1v) is 5.21. The monoisotopic (exact) mass is 327 g/mol. The molecule has 0 aliphatic carbocycles. The molecule has 1 radical (unpaired) electrons. The second-order valence-corrected chi connectivity index (χ2v) is 3.46. The summed E-state index contributed by atoms with van der Waals surface area (Å²) in [6.07, 6.45) is 0. The number of rotatable bonds is 0. The molecule has 97 valence electrons. The van der Waals surface area contributed by atoms with Gasteiger partial charge in [0, 0.05) is 5.39 Å². The maximum atomic E-state index is 9.37. The summed E-state index contributed by atoms with van der Waals surface area (Å²) in [6, 6.07) is 23.3. The largest absolute Gasteiger partial charge is 3.00 e. The molecule has 0 fully saturated rings. The quantitative estimate of drug-likeness (QED) is 0.372. The van der Waals surface area contributed by atoms with Gasteiger partial charge in [0.25, 0.3) is 0 Å². The molecule has 0 saturated carbocycles. The maximum absolute atomic E-state index is 9.37. The number of benzene rings is 2. The summed E-state index contributed by atoms with van der Waals surface area (Å²) < 4.78 is 0. The third-order valence-corrected chi connectivity index (χ3v) is 2.32. The molecule has 0 spiro atoms. The van der Waals surface area contributed by atoms with E-state index in [0.29, 0.717) is 5.75 Å². The van der Waals surface area contributed by atoms with Gasteiger partial charge in [-0.3, -0.25) is 0 Å². The molecule has 3 aromatic rings. The molecule has 1 N–H and O–H groups in total. The maximum Gasteiger partial charge on any atom is 3.00 e. The molecule has 0 bridgehead atoms. The second kappa shape index (κ2) is 11.0. The van der Waals surface area contributed by atoms with Gasteiger partial charge in [0.05, 0.1) is 0 Å². The first kappa shape index (κ1) is 20.5. The predicted molar refractivity (Wildman–Crippen MR) is 67.6 cm³/mol. The van der Waals surface area contributed by atoms with Crippen molar-refractivity contribution in [3.05, 3.63) is 72.8 Å². The average molecular weight is 328 g/mol. The van der Waals surface area contributed by atoms with E-state index in [4.69, 9.17) is 0 Å². The van der Waals surface area contributed by atoms with Gasteiger partial charge < -0.3 is 29.9 Å². The third kappa shape index (κ3) is 6.22. The zero-order valence-corrected chi connectivity index (χ0v) is 13.2. The number of fused-ring (bicyclic) bond motifs is 1. The van der Waals surface area contributed by atoms with Crippen LogP contribution in [0.15, 0.2) is 72.8 Å². The number of phenolic OH excluding ortho intramolecular Hbond substituents is 1. The molecule has 3 aromatic carbocycles. The molecule has 4 heteroatoms. The van der Waals surface area contributed by atoms with Gasteiger partial charge in [-0.25, -0.2) is 12.1 Å². The SMILES string of the molecule is Oc1cccc2ccccc12.[Cl-].[Cl-].[Ti+3].c1cc[cH-]c1. The Morgan fingerprint density at radius 3 is 1.84 bits per heavy atom. The summed E-state index contributed by atoms with van der Waals surface area (Å²) in [5, 5.41) is 11.4. The van der Waals surface area contributed by atoms with Crippen molar-refractivity contribution in [3.63, 3.8) is 0 Å². The number of halogens is 2. The summed E-state index contributed by atoms with van der Waals surface area (Å²) in [6.45, 7) is 0. The van der Waals surface area contributed by atoms with Gasteiger partial charge in [-0.2, -0.15) is 18.2 Å². The van der Waals surface area contributed by atoms with E-state index in [2.05, 4.69) is 0 Å². The summed E-state index contributed by atoms with van der Waals surface area (Å²) >= 11 is 0. The van der Waals surface area contributed by atoms with E-state index < -0.39 is 0 Å². The molecule has 0 atom stereocenters. The van der Waals surface area contributed by atoms with Gasteiger partial charge in [0.2, 0.25) is 0 Å². The number of aromatic hydroxyl groups is 1. The Labute approximate surface area is 140 Å². The average Bonchev–Trinajstić information content (AvgIpc) is 2.88. The Morgan fingerprint density at radius 1 is 0.737 bits per heavy atom. The Hall–Kier alpha value is -0.856. The van der Waals surface area contributed by atoms with Crippen LogP contribution < -0.4 is 24.8 Å². The van der Waals surface area contributed by atoms with Crippen molar-refractivity contribution < 1.29 is 51.6 Å². The third-order valence-electron chi connectivity index (χ3n) is 2.32. The minimum absolute atomic E-state index is 0. The molecule has 0 saturated heterocycles. The molecule has 0 heterocycles. The van der Waals surface area contributed by atoms with Crippen molar-refractivity contribution in [2.75, 3.05) is 0 Å². The molecule has 0 amide bonds. The van der Waals surface area contributed by atoms with Crippen LogP contribution in [0.3, 0.4) is 0 Å². The summed E-state index contributed by atoms with van der Waals surface area (Å²) in [4.78, 5) is 0. The van der Waals surface area contributed by atoms with E-state index in [1.165, 1.54) is 0 Å². The molecular formula is C15H13Cl2OTi. The van der Waals surface area contributed by atoms with E-state index >= 15 is 0 Å². The Morgan fingerprint density at radius 2 is 1.32 bits per heavy atom. The first-order chi connectivity index (χ1) is 7.88. The van der Waals surface area contributed by atoms with Crippen molar-refractivity contribution in [1.82, 2.24) is 0 Å². The fourth-order valence-corrected chi connectivity index (χ4v) is 1.53. The Kier molecular flexibility index (Phi) is 11.9. The van der Waals surface area contributed by atoms with Crippen LogP contribution in [0, 0.1) is 0 Å². The summed E-state index contributed by atoms with van der Waals surface area (Å²) in [7, 11) is 0. The molecule has 0 aromatic heterocycles. The number of hydrogen-bond acceptors (Lipinski definition) is 1. The molecule has 19 heavy (non-hydrogen) atoms. The van der Waals surface area contributed by atoms with E-state index in [-0.39, 0.29) is 46.5 Å². The van der Waals surface area contributed by atoms with Crippen LogP contribution in [0.1, 0.15) is 0 Å². The van der Waals surface area contributed by atoms with Crippen LogP contribution in [-0.4, -0.2) is 5.11 Å². The van der Waals surface area contributed by atoms with E-state index in [1.807, 2.05) is 66.7 Å². The van der Waals surface area contributed by atoms with Crippen molar-refractivity contribution >= 4 is 10.8 Å². The van der Waals surface area contributed by atoms with E-state index in [9.17, 15) is 5.11 Å². The molecule has 0 aliphatic rings. The van der Waals surface area contributed by atoms with Crippen LogP contribution in [0.5, 0.6) is 5.75 Å². The van der Waals surface area contributed by atoms with Crippen molar-refractivity contribution in [2.24, 2.45) is 0 Å². The van der Waals surface area contributed by atoms with Crippen molar-refractivity contribution in [1.29, 1.82) is 0 Å². The van der Waals surface area contributed by atoms with Gasteiger partial charge in [-0.1, -0.05) is 36.4 Å². The van der Waals surface area contributed by atoms with E-state index in [1.54, 1.807) is 6.07 Å². The first-order valence-electron chi connectivity index (χ1n) is 5.21. The minimum Gasteiger partial charge on any atom is -1.00 e. The van der Waals surface area contributed by atoms with Crippen LogP contribution in [-0.2, 0) is 21.7 Å². The predicted octanol–water partition coefficient (Wildman–Crippen LogP) is -2.04. The van der Waals surface area contributed by atoms with Crippen LogP contribution in [0.4, 0.5) is 0 Å². The number of hydrogen-bond donors (Lipinski definition) is 1. The summed E-state index contributed by atoms with van der Waals surface area (Å²) in [5.74, 6) is 0.350. The standard InChI is InChI=1S/C10H8O.C5H5.2ClH.Ti/c11-10-7-3-5-8-4-1-2-6-9(8)10;1-2-4-5-3-1;;;/h1-7,11H;1-5H;2*1H;/q;-1;;;+3/p-2.